The van der Waals surface area contributed by atoms with Crippen molar-refractivity contribution in [3.8, 4) is 0 Å². The van der Waals surface area contributed by atoms with Crippen molar-refractivity contribution in [2.45, 2.75) is 96.2 Å². The molecule has 0 saturated carbocycles. The summed E-state index contributed by atoms with van der Waals surface area (Å²) in [6.07, 6.45) is 14.3. The van der Waals surface area contributed by atoms with Gasteiger partial charge in [-0.05, 0) is 64.1 Å². The maximum absolute atomic E-state index is 6.04. The normalized spacial score (nSPS) is 24.9. The Kier molecular flexibility index (Phi) is 8.99. The Bertz CT molecular complexity index is 586. The molecule has 0 radical (unpaired) electrons. The van der Waals surface area contributed by atoms with Crippen molar-refractivity contribution >= 4 is 11.8 Å². The molecule has 2 fully saturated rings. The second-order valence-electron chi connectivity index (χ2n) is 8.77. The van der Waals surface area contributed by atoms with Gasteiger partial charge in [-0.1, -0.05) is 33.1 Å². The molecule has 0 aliphatic carbocycles. The number of hydrogen-bond acceptors (Lipinski definition) is 6. The fraction of sp³-hybridized carbons (Fsp3) is 0.826. The van der Waals surface area contributed by atoms with Crippen molar-refractivity contribution < 1.29 is 0 Å². The summed E-state index contributed by atoms with van der Waals surface area (Å²) in [6, 6.07) is 3.56. The van der Waals surface area contributed by atoms with Gasteiger partial charge in [0.15, 0.2) is 0 Å². The van der Waals surface area contributed by atoms with Crippen LogP contribution in [0, 0.1) is 0 Å². The van der Waals surface area contributed by atoms with Crippen molar-refractivity contribution in [2.75, 3.05) is 36.4 Å². The first-order valence-corrected chi connectivity index (χ1v) is 12.1. The van der Waals surface area contributed by atoms with E-state index in [1.54, 1.807) is 0 Å². The van der Waals surface area contributed by atoms with Gasteiger partial charge < -0.3 is 16.0 Å². The molecule has 29 heavy (non-hydrogen) atoms. The number of nitrogens with zero attached hydrogens (tertiary/aromatic N) is 4. The molecule has 0 amide bonds. The zero-order valence-electron chi connectivity index (χ0n) is 18.7. The Labute approximate surface area is 177 Å². The average molecular weight is 403 g/mol. The van der Waals surface area contributed by atoms with Gasteiger partial charge in [0.05, 0.1) is 0 Å². The van der Waals surface area contributed by atoms with Crippen LogP contribution in [0.15, 0.2) is 12.3 Å². The van der Waals surface area contributed by atoms with Crippen molar-refractivity contribution in [3.05, 3.63) is 12.3 Å². The second kappa shape index (κ2) is 11.7. The van der Waals surface area contributed by atoms with Gasteiger partial charge in [-0.15, -0.1) is 0 Å². The minimum Gasteiger partial charge on any atom is -0.356 e. The monoisotopic (exact) mass is 402 g/mol. The molecular formula is C23H42N6. The van der Waals surface area contributed by atoms with Gasteiger partial charge in [0.25, 0.3) is 0 Å². The second-order valence-corrected chi connectivity index (χ2v) is 8.77. The van der Waals surface area contributed by atoms with Crippen molar-refractivity contribution in [3.63, 3.8) is 0 Å². The highest BCUT2D eigenvalue weighted by molar-refractivity contribution is 5.43. The molecule has 0 aromatic carbocycles. The summed E-state index contributed by atoms with van der Waals surface area (Å²) >= 11 is 0. The first kappa shape index (κ1) is 22.3. The van der Waals surface area contributed by atoms with Crippen LogP contribution in [-0.4, -0.2) is 59.2 Å². The van der Waals surface area contributed by atoms with E-state index in [9.17, 15) is 0 Å². The lowest BCUT2D eigenvalue weighted by Gasteiger charge is -2.45. The number of rotatable bonds is 9. The molecule has 6 heteroatoms. The topological polar surface area (TPSA) is 70.3 Å². The number of nitrogens with two attached hydrogens (primary N) is 1. The van der Waals surface area contributed by atoms with Gasteiger partial charge in [0.1, 0.15) is 5.82 Å². The van der Waals surface area contributed by atoms with Crippen LogP contribution in [0.3, 0.4) is 0 Å². The molecule has 3 rings (SSSR count). The third-order valence-corrected chi connectivity index (χ3v) is 6.73. The highest BCUT2D eigenvalue weighted by Crippen LogP contribution is 2.28. The van der Waals surface area contributed by atoms with E-state index >= 15 is 0 Å². The highest BCUT2D eigenvalue weighted by Gasteiger charge is 2.34. The number of piperidine rings is 1. The molecule has 3 atom stereocenters. The molecule has 2 aliphatic rings. The quantitative estimate of drug-likeness (QED) is 0.650. The smallest absolute Gasteiger partial charge is 0.224 e. The molecule has 6 nitrogen and oxygen atoms in total. The Hall–Kier alpha value is -1.40. The van der Waals surface area contributed by atoms with Crippen molar-refractivity contribution in [2.24, 2.45) is 5.73 Å². The van der Waals surface area contributed by atoms with Crippen LogP contribution in [0.5, 0.6) is 0 Å². The largest absolute Gasteiger partial charge is 0.356 e. The van der Waals surface area contributed by atoms with Crippen LogP contribution < -0.4 is 16.0 Å². The van der Waals surface area contributed by atoms with Gasteiger partial charge in [0.2, 0.25) is 5.95 Å². The molecule has 164 valence electrons. The molecule has 1 unspecified atom stereocenters. The van der Waals surface area contributed by atoms with Crippen LogP contribution in [0.4, 0.5) is 11.8 Å². The molecule has 2 saturated heterocycles. The summed E-state index contributed by atoms with van der Waals surface area (Å²) < 4.78 is 0. The maximum Gasteiger partial charge on any atom is 0.224 e. The van der Waals surface area contributed by atoms with Gasteiger partial charge in [-0.3, -0.25) is 4.90 Å². The zero-order valence-corrected chi connectivity index (χ0v) is 18.7. The molecule has 3 heterocycles. The number of likely N-dealkylation sites (tertiary alicyclic amines) is 1. The predicted molar refractivity (Wildman–Crippen MR) is 123 cm³/mol. The lowest BCUT2D eigenvalue weighted by molar-refractivity contribution is 0.0731. The lowest BCUT2D eigenvalue weighted by atomic mass is 9.90. The Morgan fingerprint density at radius 1 is 1.14 bits per heavy atom. The van der Waals surface area contributed by atoms with E-state index in [4.69, 9.17) is 10.7 Å². The number of aromatic nitrogens is 2. The summed E-state index contributed by atoms with van der Waals surface area (Å²) in [4.78, 5) is 14.6. The predicted octanol–water partition coefficient (Wildman–Crippen LogP) is 4.03. The van der Waals surface area contributed by atoms with E-state index in [2.05, 4.69) is 40.0 Å². The first-order chi connectivity index (χ1) is 14.3. The number of anilines is 2. The van der Waals surface area contributed by atoms with E-state index < -0.39 is 0 Å². The lowest BCUT2D eigenvalue weighted by Crippen LogP contribution is -2.55. The Morgan fingerprint density at radius 3 is 2.62 bits per heavy atom. The molecule has 3 N–H and O–H groups in total. The summed E-state index contributed by atoms with van der Waals surface area (Å²) in [7, 11) is 0. The summed E-state index contributed by atoms with van der Waals surface area (Å²) in [6.45, 7) is 8.76. The van der Waals surface area contributed by atoms with Gasteiger partial charge >= 0.3 is 0 Å². The maximum atomic E-state index is 6.04. The minimum absolute atomic E-state index is 0.373. The van der Waals surface area contributed by atoms with E-state index in [0.717, 1.165) is 37.8 Å². The Balaban J connectivity index is 1.72. The third-order valence-electron chi connectivity index (χ3n) is 6.73. The fourth-order valence-electron chi connectivity index (χ4n) is 5.24. The van der Waals surface area contributed by atoms with E-state index in [1.807, 2.05) is 6.20 Å². The number of nitrogens with one attached hydrogen (secondary N) is 1. The summed E-state index contributed by atoms with van der Waals surface area (Å²) in [5.41, 5.74) is 6.04. The van der Waals surface area contributed by atoms with Crippen LogP contribution in [0.1, 0.15) is 78.1 Å². The molecule has 0 spiro atoms. The Morgan fingerprint density at radius 2 is 1.93 bits per heavy atom. The number of hydrogen-bond donors (Lipinski definition) is 2. The van der Waals surface area contributed by atoms with E-state index in [1.165, 1.54) is 64.3 Å². The minimum atomic E-state index is 0.373. The highest BCUT2D eigenvalue weighted by atomic mass is 15.3. The van der Waals surface area contributed by atoms with Gasteiger partial charge in [0, 0.05) is 37.4 Å². The van der Waals surface area contributed by atoms with Crippen molar-refractivity contribution in [1.82, 2.24) is 14.9 Å². The van der Waals surface area contributed by atoms with Crippen LogP contribution in [-0.2, 0) is 0 Å². The van der Waals surface area contributed by atoms with Crippen LogP contribution in [0.25, 0.3) is 0 Å². The van der Waals surface area contributed by atoms with Gasteiger partial charge in [-0.25, -0.2) is 4.98 Å². The molecule has 1 aromatic rings. The molecule has 0 bridgehead atoms. The van der Waals surface area contributed by atoms with Crippen LogP contribution >= 0.6 is 0 Å². The van der Waals surface area contributed by atoms with Gasteiger partial charge in [-0.2, -0.15) is 4.98 Å². The standard InChI is InChI=1S/C23H42N6/c1-3-10-19(4-2)29-18-9-11-20(21(29)12-14-24)26-23-25-15-13-22(27-23)28-16-7-5-6-8-17-28/h13,15,19-21H,3-12,14,16-18,24H2,1-2H3,(H,25,26,27)/t19?,20-,21+/m0/s1. The van der Waals surface area contributed by atoms with E-state index in [-0.39, 0.29) is 0 Å². The molecule has 2 aliphatic heterocycles. The molecular weight excluding hydrogens is 360 g/mol. The summed E-state index contributed by atoms with van der Waals surface area (Å²) in [5, 5.41) is 3.72. The average Bonchev–Trinajstić information content (AvgIpc) is 3.03. The molecule has 1 aromatic heterocycles. The van der Waals surface area contributed by atoms with E-state index in [0.29, 0.717) is 18.1 Å². The summed E-state index contributed by atoms with van der Waals surface area (Å²) in [5.74, 6) is 1.86. The van der Waals surface area contributed by atoms with Crippen LogP contribution in [0.2, 0.25) is 0 Å². The SMILES string of the molecule is CCCC(CC)N1CCC[C@H](Nc2nccc(N3CCCCCC3)n2)[C@H]1CCN. The third kappa shape index (κ3) is 6.05. The van der Waals surface area contributed by atoms with Crippen molar-refractivity contribution in [1.29, 1.82) is 0 Å². The fourth-order valence-corrected chi connectivity index (χ4v) is 5.24. The zero-order chi connectivity index (χ0) is 20.5. The first-order valence-electron chi connectivity index (χ1n) is 12.1.